The number of aromatic nitrogens is 2. The van der Waals surface area contributed by atoms with Gasteiger partial charge < -0.3 is 10.6 Å². The Kier molecular flexibility index (Phi) is 4.97. The van der Waals surface area contributed by atoms with E-state index in [9.17, 15) is 14.4 Å². The van der Waals surface area contributed by atoms with E-state index in [1.165, 1.54) is 0 Å². The molecule has 1 atom stereocenters. The van der Waals surface area contributed by atoms with Gasteiger partial charge in [0.25, 0.3) is 5.91 Å². The highest BCUT2D eigenvalue weighted by atomic mass is 16.2. The molecule has 4 N–H and O–H groups in total. The Morgan fingerprint density at radius 2 is 1.94 bits per heavy atom. The van der Waals surface area contributed by atoms with Crippen LogP contribution in [0.25, 0.3) is 0 Å². The Morgan fingerprint density at radius 1 is 1.13 bits per heavy atom. The number of hydrogen-bond donors (Lipinski definition) is 3. The van der Waals surface area contributed by atoms with Crippen molar-refractivity contribution in [2.75, 3.05) is 18.8 Å². The molecular formula is C22H26N6O3. The Hall–Kier alpha value is -3.20. The SMILES string of the molecule is Nc1cn[nH]c1C1CCN(Cc2ccc3c(c2)CN(C2CCC(=O)NC2=O)C3=O)CC1. The number of carbonyl (C=O) groups excluding carboxylic acids is 3. The van der Waals surface area contributed by atoms with Gasteiger partial charge in [-0.05, 0) is 49.5 Å². The van der Waals surface area contributed by atoms with E-state index in [0.717, 1.165) is 55.0 Å². The third-order valence-corrected chi connectivity index (χ3v) is 6.69. The second-order valence-corrected chi connectivity index (χ2v) is 8.68. The van der Waals surface area contributed by atoms with E-state index in [2.05, 4.69) is 26.5 Å². The van der Waals surface area contributed by atoms with E-state index in [4.69, 9.17) is 5.73 Å². The van der Waals surface area contributed by atoms with Gasteiger partial charge in [0, 0.05) is 31.0 Å². The molecule has 1 aromatic heterocycles. The molecule has 4 heterocycles. The van der Waals surface area contributed by atoms with Gasteiger partial charge in [0.05, 0.1) is 17.6 Å². The lowest BCUT2D eigenvalue weighted by molar-refractivity contribution is -0.136. The first-order valence-electron chi connectivity index (χ1n) is 10.8. The number of nitrogens with two attached hydrogens (primary N) is 1. The minimum atomic E-state index is -0.574. The van der Waals surface area contributed by atoms with E-state index >= 15 is 0 Å². The van der Waals surface area contributed by atoms with Crippen LogP contribution in [0.15, 0.2) is 24.4 Å². The fourth-order valence-electron chi connectivity index (χ4n) is 5.00. The molecule has 0 spiro atoms. The van der Waals surface area contributed by atoms with E-state index in [0.29, 0.717) is 24.4 Å². The van der Waals surface area contributed by atoms with Gasteiger partial charge >= 0.3 is 0 Å². The first-order chi connectivity index (χ1) is 15.0. The number of amides is 3. The van der Waals surface area contributed by atoms with E-state index in [1.54, 1.807) is 11.1 Å². The Labute approximate surface area is 180 Å². The van der Waals surface area contributed by atoms with Crippen molar-refractivity contribution in [1.82, 2.24) is 25.3 Å². The Balaban J connectivity index is 1.22. The number of aromatic amines is 1. The lowest BCUT2D eigenvalue weighted by Crippen LogP contribution is -2.52. The summed E-state index contributed by atoms with van der Waals surface area (Å²) in [6.45, 7) is 3.18. The van der Waals surface area contributed by atoms with Crippen molar-refractivity contribution < 1.29 is 14.4 Å². The fourth-order valence-corrected chi connectivity index (χ4v) is 5.00. The summed E-state index contributed by atoms with van der Waals surface area (Å²) < 4.78 is 0. The standard InChI is InChI=1S/C22H26N6O3/c23-17-10-24-26-20(17)14-5-7-27(8-6-14)11-13-1-2-16-15(9-13)12-28(22(16)31)18-3-4-19(29)25-21(18)30/h1-2,9-10,14,18H,3-8,11-12,23H2,(H,24,26)(H,25,29,30). The molecule has 0 radical (unpaired) electrons. The zero-order chi connectivity index (χ0) is 21.5. The third-order valence-electron chi connectivity index (χ3n) is 6.69. The first kappa shape index (κ1) is 19.7. The summed E-state index contributed by atoms with van der Waals surface area (Å²) in [5.74, 6) is -0.363. The van der Waals surface area contributed by atoms with Gasteiger partial charge in [-0.25, -0.2) is 0 Å². The molecule has 9 nitrogen and oxygen atoms in total. The summed E-state index contributed by atoms with van der Waals surface area (Å²) in [5.41, 5.74) is 10.5. The number of hydrogen-bond acceptors (Lipinski definition) is 6. The minimum Gasteiger partial charge on any atom is -0.396 e. The van der Waals surface area contributed by atoms with Crippen molar-refractivity contribution in [3.05, 3.63) is 46.8 Å². The second kappa shape index (κ2) is 7.81. The zero-order valence-corrected chi connectivity index (χ0v) is 17.3. The van der Waals surface area contributed by atoms with E-state index in [1.807, 2.05) is 12.1 Å². The van der Waals surface area contributed by atoms with Crippen LogP contribution in [-0.4, -0.2) is 56.9 Å². The van der Waals surface area contributed by atoms with Gasteiger partial charge in [-0.15, -0.1) is 0 Å². The number of benzene rings is 1. The van der Waals surface area contributed by atoms with Crippen LogP contribution in [0.4, 0.5) is 5.69 Å². The maximum Gasteiger partial charge on any atom is 0.255 e. The number of imide groups is 1. The highest BCUT2D eigenvalue weighted by Crippen LogP contribution is 2.32. The molecule has 31 heavy (non-hydrogen) atoms. The summed E-state index contributed by atoms with van der Waals surface area (Å²) in [7, 11) is 0. The normalized spacial score (nSPS) is 22.6. The van der Waals surface area contributed by atoms with Crippen molar-refractivity contribution >= 4 is 23.4 Å². The summed E-state index contributed by atoms with van der Waals surface area (Å²) >= 11 is 0. The molecule has 0 aliphatic carbocycles. The molecule has 3 aliphatic rings. The van der Waals surface area contributed by atoms with Crippen molar-refractivity contribution in [2.24, 2.45) is 0 Å². The molecule has 1 unspecified atom stereocenters. The van der Waals surface area contributed by atoms with Crippen molar-refractivity contribution in [1.29, 1.82) is 0 Å². The number of fused-ring (bicyclic) bond motifs is 1. The number of nitrogens with zero attached hydrogens (tertiary/aromatic N) is 3. The quantitative estimate of drug-likeness (QED) is 0.635. The summed E-state index contributed by atoms with van der Waals surface area (Å²) in [6, 6.07) is 5.38. The lowest BCUT2D eigenvalue weighted by Gasteiger charge is -2.31. The van der Waals surface area contributed by atoms with Crippen LogP contribution >= 0.6 is 0 Å². The number of nitrogen functional groups attached to an aromatic ring is 1. The molecule has 3 aliphatic heterocycles. The monoisotopic (exact) mass is 422 g/mol. The zero-order valence-electron chi connectivity index (χ0n) is 17.3. The topological polar surface area (TPSA) is 124 Å². The van der Waals surface area contributed by atoms with E-state index in [-0.39, 0.29) is 24.1 Å². The number of likely N-dealkylation sites (tertiary alicyclic amines) is 1. The molecule has 5 rings (SSSR count). The number of carbonyl (C=O) groups is 3. The highest BCUT2D eigenvalue weighted by Gasteiger charge is 2.39. The van der Waals surface area contributed by atoms with Crippen LogP contribution in [0.2, 0.25) is 0 Å². The largest absolute Gasteiger partial charge is 0.396 e. The van der Waals surface area contributed by atoms with Gasteiger partial charge in [-0.2, -0.15) is 5.10 Å². The molecule has 0 bridgehead atoms. The average molecular weight is 422 g/mol. The molecule has 9 heteroatoms. The maximum atomic E-state index is 12.8. The van der Waals surface area contributed by atoms with Crippen molar-refractivity contribution in [2.45, 2.75) is 50.7 Å². The lowest BCUT2D eigenvalue weighted by atomic mass is 9.92. The smallest absolute Gasteiger partial charge is 0.255 e. The predicted molar refractivity (Wildman–Crippen MR) is 113 cm³/mol. The van der Waals surface area contributed by atoms with Crippen LogP contribution in [0.3, 0.4) is 0 Å². The van der Waals surface area contributed by atoms with Crippen molar-refractivity contribution in [3.8, 4) is 0 Å². The minimum absolute atomic E-state index is 0.131. The summed E-state index contributed by atoms with van der Waals surface area (Å²) in [6.07, 6.45) is 4.37. The molecule has 162 valence electrons. The highest BCUT2D eigenvalue weighted by molar-refractivity contribution is 6.05. The molecular weight excluding hydrogens is 396 g/mol. The number of H-pyrrole nitrogens is 1. The van der Waals surface area contributed by atoms with Crippen LogP contribution in [0.1, 0.15) is 58.8 Å². The molecule has 0 saturated carbocycles. The summed E-state index contributed by atoms with van der Waals surface area (Å²) in [5, 5.41) is 9.41. The fraction of sp³-hybridized carbons (Fsp3) is 0.455. The first-order valence-corrected chi connectivity index (χ1v) is 10.8. The van der Waals surface area contributed by atoms with Gasteiger partial charge in [0.15, 0.2) is 0 Å². The van der Waals surface area contributed by atoms with Crippen LogP contribution in [-0.2, 0) is 22.7 Å². The molecule has 3 amide bonds. The van der Waals surface area contributed by atoms with Gasteiger partial charge in [0.2, 0.25) is 11.8 Å². The van der Waals surface area contributed by atoms with Gasteiger partial charge in [0.1, 0.15) is 6.04 Å². The Morgan fingerprint density at radius 3 is 2.65 bits per heavy atom. The molecule has 2 saturated heterocycles. The second-order valence-electron chi connectivity index (χ2n) is 8.68. The van der Waals surface area contributed by atoms with Gasteiger partial charge in [-0.1, -0.05) is 12.1 Å². The molecule has 1 aromatic carbocycles. The maximum absolute atomic E-state index is 12.8. The van der Waals surface area contributed by atoms with Crippen molar-refractivity contribution in [3.63, 3.8) is 0 Å². The molecule has 2 fully saturated rings. The number of piperidine rings is 2. The van der Waals surface area contributed by atoms with E-state index < -0.39 is 6.04 Å². The number of anilines is 1. The average Bonchev–Trinajstić information content (AvgIpc) is 3.32. The Bertz CT molecular complexity index is 1040. The molecule has 2 aromatic rings. The van der Waals surface area contributed by atoms with Crippen LogP contribution < -0.4 is 11.1 Å². The van der Waals surface area contributed by atoms with Crippen LogP contribution in [0, 0.1) is 0 Å². The summed E-state index contributed by atoms with van der Waals surface area (Å²) in [4.78, 5) is 40.5. The predicted octanol–water partition coefficient (Wildman–Crippen LogP) is 1.13. The number of nitrogens with one attached hydrogen (secondary N) is 2. The van der Waals surface area contributed by atoms with Gasteiger partial charge in [-0.3, -0.25) is 29.7 Å². The number of rotatable bonds is 4. The third kappa shape index (κ3) is 3.69. The van der Waals surface area contributed by atoms with Crippen LogP contribution in [0.5, 0.6) is 0 Å².